The van der Waals surface area contributed by atoms with E-state index in [4.69, 9.17) is 4.74 Å². The molecule has 1 saturated heterocycles. The van der Waals surface area contributed by atoms with E-state index in [-0.39, 0.29) is 6.04 Å². The molecule has 1 aromatic heterocycles. The van der Waals surface area contributed by atoms with Gasteiger partial charge in [-0.15, -0.1) is 0 Å². The predicted octanol–water partition coefficient (Wildman–Crippen LogP) is 2.60. The Bertz CT molecular complexity index is 791. The molecule has 1 aliphatic rings. The molecule has 1 fully saturated rings. The van der Waals surface area contributed by atoms with Gasteiger partial charge in [-0.3, -0.25) is 0 Å². The van der Waals surface area contributed by atoms with Crippen LogP contribution < -0.4 is 14.5 Å². The molecule has 7 heteroatoms. The standard InChI is InChI=1S/C18H20FN5O/c1-23(18-21-8-7-17(22-18)25-2)15-4-3-9-24(12-15)16-6-5-14(19)10-13(16)11-20/h5-8,10,15H,3-4,9,12H2,1-2H3. The summed E-state index contributed by atoms with van der Waals surface area (Å²) < 4.78 is 18.6. The lowest BCUT2D eigenvalue weighted by Crippen LogP contribution is -2.47. The maximum atomic E-state index is 13.4. The topological polar surface area (TPSA) is 65.3 Å². The molecule has 25 heavy (non-hydrogen) atoms. The molecule has 0 bridgehead atoms. The number of benzene rings is 1. The zero-order chi connectivity index (χ0) is 17.8. The van der Waals surface area contributed by atoms with E-state index in [1.165, 1.54) is 12.1 Å². The average molecular weight is 341 g/mol. The van der Waals surface area contributed by atoms with Crippen molar-refractivity contribution in [1.29, 1.82) is 5.26 Å². The third-order valence-corrected chi connectivity index (χ3v) is 4.51. The highest BCUT2D eigenvalue weighted by Gasteiger charge is 2.26. The number of aromatic nitrogens is 2. The smallest absolute Gasteiger partial charge is 0.228 e. The Morgan fingerprint density at radius 1 is 1.40 bits per heavy atom. The fourth-order valence-electron chi connectivity index (χ4n) is 3.14. The molecule has 0 saturated carbocycles. The van der Waals surface area contributed by atoms with Gasteiger partial charge in [0.2, 0.25) is 11.8 Å². The van der Waals surface area contributed by atoms with E-state index in [0.29, 0.717) is 17.4 Å². The summed E-state index contributed by atoms with van der Waals surface area (Å²) in [5.41, 5.74) is 1.13. The van der Waals surface area contributed by atoms with Crippen molar-refractivity contribution in [1.82, 2.24) is 9.97 Å². The zero-order valence-electron chi connectivity index (χ0n) is 14.3. The minimum atomic E-state index is -0.393. The van der Waals surface area contributed by atoms with Gasteiger partial charge in [0.05, 0.1) is 18.4 Å². The van der Waals surface area contributed by atoms with E-state index < -0.39 is 5.82 Å². The Morgan fingerprint density at radius 2 is 2.24 bits per heavy atom. The van der Waals surface area contributed by atoms with Crippen LogP contribution in [0.25, 0.3) is 0 Å². The second-order valence-corrected chi connectivity index (χ2v) is 6.03. The Labute approximate surface area is 146 Å². The fourth-order valence-corrected chi connectivity index (χ4v) is 3.14. The largest absolute Gasteiger partial charge is 0.481 e. The summed E-state index contributed by atoms with van der Waals surface area (Å²) in [5.74, 6) is 0.733. The number of hydrogen-bond donors (Lipinski definition) is 0. The molecule has 1 aromatic carbocycles. The number of piperidine rings is 1. The number of methoxy groups -OCH3 is 1. The van der Waals surface area contributed by atoms with Gasteiger partial charge in [0.15, 0.2) is 0 Å². The first-order valence-corrected chi connectivity index (χ1v) is 8.17. The van der Waals surface area contributed by atoms with Crippen LogP contribution in [0.5, 0.6) is 5.88 Å². The van der Waals surface area contributed by atoms with Gasteiger partial charge in [-0.25, -0.2) is 9.37 Å². The van der Waals surface area contributed by atoms with Crippen molar-refractivity contribution in [3.8, 4) is 11.9 Å². The molecule has 1 aliphatic heterocycles. The molecule has 0 N–H and O–H groups in total. The number of nitriles is 1. The molecule has 0 radical (unpaired) electrons. The summed E-state index contributed by atoms with van der Waals surface area (Å²) in [6, 6.07) is 8.35. The molecule has 0 aliphatic carbocycles. The molecule has 6 nitrogen and oxygen atoms in total. The highest BCUT2D eigenvalue weighted by molar-refractivity contribution is 5.60. The highest BCUT2D eigenvalue weighted by atomic mass is 19.1. The van der Waals surface area contributed by atoms with Crippen molar-refractivity contribution in [3.63, 3.8) is 0 Å². The van der Waals surface area contributed by atoms with Crippen molar-refractivity contribution in [3.05, 3.63) is 41.8 Å². The van der Waals surface area contributed by atoms with Crippen molar-refractivity contribution in [2.45, 2.75) is 18.9 Å². The van der Waals surface area contributed by atoms with Crippen LogP contribution in [0.4, 0.5) is 16.0 Å². The number of nitrogens with zero attached hydrogens (tertiary/aromatic N) is 5. The average Bonchev–Trinajstić information content (AvgIpc) is 2.67. The van der Waals surface area contributed by atoms with E-state index in [0.717, 1.165) is 31.6 Å². The summed E-state index contributed by atoms with van der Waals surface area (Å²) >= 11 is 0. The van der Waals surface area contributed by atoms with Gasteiger partial charge in [-0.2, -0.15) is 10.2 Å². The number of anilines is 2. The van der Waals surface area contributed by atoms with E-state index in [2.05, 4.69) is 20.9 Å². The summed E-state index contributed by atoms with van der Waals surface area (Å²) in [4.78, 5) is 12.9. The molecule has 0 amide bonds. The van der Waals surface area contributed by atoms with Gasteiger partial charge in [0, 0.05) is 38.4 Å². The van der Waals surface area contributed by atoms with Crippen molar-refractivity contribution in [2.75, 3.05) is 37.0 Å². The Hall–Kier alpha value is -2.88. The van der Waals surface area contributed by atoms with Gasteiger partial charge in [0.1, 0.15) is 11.9 Å². The molecular weight excluding hydrogens is 321 g/mol. The first kappa shape index (κ1) is 17.0. The van der Waals surface area contributed by atoms with Gasteiger partial charge < -0.3 is 14.5 Å². The minimum absolute atomic E-state index is 0.192. The van der Waals surface area contributed by atoms with Crippen LogP contribution in [-0.2, 0) is 0 Å². The number of rotatable bonds is 4. The van der Waals surface area contributed by atoms with Gasteiger partial charge in [-0.05, 0) is 31.0 Å². The van der Waals surface area contributed by atoms with Gasteiger partial charge >= 0.3 is 0 Å². The van der Waals surface area contributed by atoms with Crippen molar-refractivity contribution >= 4 is 11.6 Å². The van der Waals surface area contributed by atoms with Crippen LogP contribution in [0, 0.1) is 17.1 Å². The van der Waals surface area contributed by atoms with Gasteiger partial charge in [-0.1, -0.05) is 0 Å². The maximum absolute atomic E-state index is 13.4. The summed E-state index contributed by atoms with van der Waals surface area (Å²) in [5, 5.41) is 9.30. The van der Waals surface area contributed by atoms with E-state index >= 15 is 0 Å². The van der Waals surface area contributed by atoms with Crippen LogP contribution in [0.2, 0.25) is 0 Å². The maximum Gasteiger partial charge on any atom is 0.228 e. The number of ether oxygens (including phenoxy) is 1. The lowest BCUT2D eigenvalue weighted by Gasteiger charge is -2.39. The van der Waals surface area contributed by atoms with Crippen LogP contribution in [0.3, 0.4) is 0 Å². The van der Waals surface area contributed by atoms with Crippen LogP contribution in [0.1, 0.15) is 18.4 Å². The quantitative estimate of drug-likeness (QED) is 0.852. The lowest BCUT2D eigenvalue weighted by molar-refractivity contribution is 0.395. The zero-order valence-corrected chi connectivity index (χ0v) is 14.3. The Morgan fingerprint density at radius 3 is 3.00 bits per heavy atom. The minimum Gasteiger partial charge on any atom is -0.481 e. The number of hydrogen-bond acceptors (Lipinski definition) is 6. The SMILES string of the molecule is COc1ccnc(N(C)C2CCCN(c3ccc(F)cc3C#N)C2)n1. The molecule has 2 aromatic rings. The summed E-state index contributed by atoms with van der Waals surface area (Å²) in [7, 11) is 3.53. The summed E-state index contributed by atoms with van der Waals surface area (Å²) in [6.45, 7) is 1.56. The first-order valence-electron chi connectivity index (χ1n) is 8.17. The van der Waals surface area contributed by atoms with Crippen LogP contribution in [-0.4, -0.2) is 43.3 Å². The molecule has 0 spiro atoms. The molecule has 2 heterocycles. The molecule has 1 atom stereocenters. The molecule has 130 valence electrons. The van der Waals surface area contributed by atoms with E-state index in [1.54, 1.807) is 25.4 Å². The highest BCUT2D eigenvalue weighted by Crippen LogP contribution is 2.27. The monoisotopic (exact) mass is 341 g/mol. The van der Waals surface area contributed by atoms with E-state index in [1.807, 2.05) is 11.9 Å². The Balaban J connectivity index is 1.80. The predicted molar refractivity (Wildman–Crippen MR) is 93.3 cm³/mol. The van der Waals surface area contributed by atoms with Crippen LogP contribution in [0.15, 0.2) is 30.5 Å². The third kappa shape index (κ3) is 3.63. The molecule has 3 rings (SSSR count). The van der Waals surface area contributed by atoms with Crippen LogP contribution >= 0.6 is 0 Å². The van der Waals surface area contributed by atoms with Crippen molar-refractivity contribution < 1.29 is 9.13 Å². The third-order valence-electron chi connectivity index (χ3n) is 4.51. The second kappa shape index (κ2) is 7.34. The van der Waals surface area contributed by atoms with Crippen molar-refractivity contribution in [2.24, 2.45) is 0 Å². The van der Waals surface area contributed by atoms with E-state index in [9.17, 15) is 9.65 Å². The normalized spacial score (nSPS) is 17.0. The second-order valence-electron chi connectivity index (χ2n) is 6.03. The summed E-state index contributed by atoms with van der Waals surface area (Å²) in [6.07, 6.45) is 3.64. The lowest BCUT2D eigenvalue weighted by atomic mass is 10.0. The Kier molecular flexibility index (Phi) is 4.98. The first-order chi connectivity index (χ1) is 12.1. The van der Waals surface area contributed by atoms with Gasteiger partial charge in [0.25, 0.3) is 0 Å². The fraction of sp³-hybridized carbons (Fsp3) is 0.389. The molecular formula is C18H20FN5O. The number of likely N-dealkylation sites (N-methyl/N-ethyl adjacent to an activating group) is 1. The number of halogens is 1. The molecule has 1 unspecified atom stereocenters.